The molecule has 1 heterocycles. The van der Waals surface area contributed by atoms with Gasteiger partial charge in [0.1, 0.15) is 0 Å². The molecule has 0 fully saturated rings. The zero-order chi connectivity index (χ0) is 20.0. The van der Waals surface area contributed by atoms with E-state index in [4.69, 9.17) is 0 Å². The molecule has 0 radical (unpaired) electrons. The summed E-state index contributed by atoms with van der Waals surface area (Å²) in [6.45, 7) is 10.1. The molecule has 5 nitrogen and oxygen atoms in total. The molecule has 0 atom stereocenters. The lowest BCUT2D eigenvalue weighted by atomic mass is 10.1. The summed E-state index contributed by atoms with van der Waals surface area (Å²) in [6.07, 6.45) is -2.83. The zero-order valence-corrected chi connectivity index (χ0v) is 18.4. The molecule has 2 aromatic rings. The summed E-state index contributed by atoms with van der Waals surface area (Å²) in [5.41, 5.74) is 1.28. The molecule has 0 aliphatic carbocycles. The van der Waals surface area contributed by atoms with Crippen molar-refractivity contribution in [1.82, 2.24) is 20.4 Å². The summed E-state index contributed by atoms with van der Waals surface area (Å²) in [6, 6.07) is 6.02. The normalized spacial score (nSPS) is 11.7. The van der Waals surface area contributed by atoms with Crippen LogP contribution in [0.5, 0.6) is 0 Å². The fraction of sp³-hybridized carbons (Fsp3) is 0.368. The average molecular weight is 507 g/mol. The molecule has 0 aliphatic heterocycles. The van der Waals surface area contributed by atoms with Crippen LogP contribution < -0.4 is 10.6 Å². The second kappa shape index (κ2) is 10.5. The van der Waals surface area contributed by atoms with Crippen molar-refractivity contribution in [2.45, 2.75) is 33.5 Å². The fourth-order valence-electron chi connectivity index (χ4n) is 2.66. The zero-order valence-electron chi connectivity index (χ0n) is 16.1. The Labute approximate surface area is 180 Å². The van der Waals surface area contributed by atoms with Crippen LogP contribution in [-0.2, 0) is 12.7 Å². The highest BCUT2D eigenvalue weighted by molar-refractivity contribution is 14.0. The summed E-state index contributed by atoms with van der Waals surface area (Å²) in [5.74, 6) is 0.438. The monoisotopic (exact) mass is 507 g/mol. The van der Waals surface area contributed by atoms with E-state index in [-0.39, 0.29) is 36.1 Å². The number of alkyl halides is 3. The minimum atomic E-state index is -4.48. The van der Waals surface area contributed by atoms with Crippen LogP contribution in [0, 0.1) is 13.8 Å². The lowest BCUT2D eigenvalue weighted by Crippen LogP contribution is -2.37. The van der Waals surface area contributed by atoms with Gasteiger partial charge in [-0.1, -0.05) is 12.1 Å². The van der Waals surface area contributed by atoms with Gasteiger partial charge in [0.15, 0.2) is 5.96 Å². The van der Waals surface area contributed by atoms with Crippen molar-refractivity contribution in [2.75, 3.05) is 13.1 Å². The highest BCUT2D eigenvalue weighted by atomic mass is 127. The van der Waals surface area contributed by atoms with Crippen LogP contribution >= 0.6 is 24.0 Å². The van der Waals surface area contributed by atoms with Crippen LogP contribution in [0.3, 0.4) is 0 Å². The van der Waals surface area contributed by atoms with Crippen LogP contribution in [0.25, 0.3) is 5.69 Å². The molecule has 9 heteroatoms. The summed E-state index contributed by atoms with van der Waals surface area (Å²) in [4.78, 5) is 4.24. The minimum Gasteiger partial charge on any atom is -0.357 e. The third kappa shape index (κ3) is 6.25. The topological polar surface area (TPSA) is 54.2 Å². The standard InChI is InChI=1S/C19H24F3N5.HI/c1-5-9-24-18(23-6-2)25-12-15-7-8-16(11-17(15)19(20,21)22)27-14(4)10-13(3)26-27;/h5,7-8,10-11H,1,6,9,12H2,2-4H3,(H2,23,24,25);1H. The van der Waals surface area contributed by atoms with E-state index >= 15 is 0 Å². The highest BCUT2D eigenvalue weighted by Crippen LogP contribution is 2.34. The quantitative estimate of drug-likeness (QED) is 0.265. The Morgan fingerprint density at radius 1 is 1.25 bits per heavy atom. The lowest BCUT2D eigenvalue weighted by molar-refractivity contribution is -0.138. The van der Waals surface area contributed by atoms with Gasteiger partial charge in [-0.3, -0.25) is 0 Å². The number of aromatic nitrogens is 2. The van der Waals surface area contributed by atoms with Crippen molar-refractivity contribution in [2.24, 2.45) is 4.99 Å². The second-order valence-corrected chi connectivity index (χ2v) is 6.04. The van der Waals surface area contributed by atoms with E-state index in [9.17, 15) is 13.2 Å². The summed E-state index contributed by atoms with van der Waals surface area (Å²) < 4.78 is 42.3. The predicted octanol–water partition coefficient (Wildman–Crippen LogP) is 4.37. The largest absolute Gasteiger partial charge is 0.416 e. The number of halogens is 4. The molecule has 2 N–H and O–H groups in total. The van der Waals surface area contributed by atoms with Gasteiger partial charge in [0, 0.05) is 18.8 Å². The first-order chi connectivity index (χ1) is 12.8. The smallest absolute Gasteiger partial charge is 0.357 e. The van der Waals surface area contributed by atoms with Crippen molar-refractivity contribution in [3.05, 3.63) is 59.4 Å². The summed E-state index contributed by atoms with van der Waals surface area (Å²) >= 11 is 0. The van der Waals surface area contributed by atoms with Crippen molar-refractivity contribution in [3.8, 4) is 5.69 Å². The number of nitrogens with one attached hydrogen (secondary N) is 2. The van der Waals surface area contributed by atoms with E-state index in [0.717, 1.165) is 17.5 Å². The molecular formula is C19H25F3IN5. The SMILES string of the molecule is C=CCNC(=NCc1ccc(-n2nc(C)cc2C)cc1C(F)(F)F)NCC.I. The number of benzene rings is 1. The van der Waals surface area contributed by atoms with Crippen LogP contribution in [-0.4, -0.2) is 28.8 Å². The van der Waals surface area contributed by atoms with Crippen LogP contribution in [0.4, 0.5) is 13.2 Å². The molecule has 1 aromatic heterocycles. The van der Waals surface area contributed by atoms with Crippen LogP contribution in [0.15, 0.2) is 41.9 Å². The number of rotatable bonds is 6. The number of aryl methyl sites for hydroxylation is 2. The third-order valence-corrected chi connectivity index (χ3v) is 3.82. The molecule has 0 amide bonds. The Morgan fingerprint density at radius 3 is 2.50 bits per heavy atom. The molecule has 0 aliphatic rings. The number of nitrogens with zero attached hydrogens (tertiary/aromatic N) is 3. The van der Waals surface area contributed by atoms with Crippen molar-refractivity contribution in [1.29, 1.82) is 0 Å². The van der Waals surface area contributed by atoms with Crippen LogP contribution in [0.2, 0.25) is 0 Å². The number of hydrogen-bond donors (Lipinski definition) is 2. The lowest BCUT2D eigenvalue weighted by Gasteiger charge is -2.15. The third-order valence-electron chi connectivity index (χ3n) is 3.82. The Morgan fingerprint density at radius 2 is 1.96 bits per heavy atom. The molecule has 1 aromatic carbocycles. The predicted molar refractivity (Wildman–Crippen MR) is 116 cm³/mol. The van der Waals surface area contributed by atoms with Crippen molar-refractivity contribution in [3.63, 3.8) is 0 Å². The first-order valence-corrected chi connectivity index (χ1v) is 8.63. The molecular weight excluding hydrogens is 482 g/mol. The minimum absolute atomic E-state index is 0. The van der Waals surface area contributed by atoms with Gasteiger partial charge in [0.25, 0.3) is 0 Å². The Kier molecular flexibility index (Phi) is 8.99. The van der Waals surface area contributed by atoms with E-state index in [2.05, 4.69) is 27.3 Å². The Bertz CT molecular complexity index is 827. The van der Waals surface area contributed by atoms with Gasteiger partial charge in [-0.15, -0.1) is 30.6 Å². The van der Waals surface area contributed by atoms with Gasteiger partial charge in [0.05, 0.1) is 23.5 Å². The molecule has 0 bridgehead atoms. The maximum atomic E-state index is 13.6. The number of aliphatic imine (C=N–C) groups is 1. The highest BCUT2D eigenvalue weighted by Gasteiger charge is 2.33. The fourth-order valence-corrected chi connectivity index (χ4v) is 2.66. The molecule has 154 valence electrons. The summed E-state index contributed by atoms with van der Waals surface area (Å²) in [5, 5.41) is 10.2. The van der Waals surface area contributed by atoms with E-state index in [1.54, 1.807) is 26.0 Å². The Hall–Kier alpha value is -2.04. The first kappa shape index (κ1) is 24.0. The molecule has 2 rings (SSSR count). The van der Waals surface area contributed by atoms with Crippen molar-refractivity contribution < 1.29 is 13.2 Å². The van der Waals surface area contributed by atoms with Gasteiger partial charge in [-0.2, -0.15) is 18.3 Å². The molecule has 0 saturated heterocycles. The van der Waals surface area contributed by atoms with E-state index in [0.29, 0.717) is 24.7 Å². The number of hydrogen-bond acceptors (Lipinski definition) is 2. The van der Waals surface area contributed by atoms with Gasteiger partial charge >= 0.3 is 6.18 Å². The first-order valence-electron chi connectivity index (χ1n) is 8.63. The average Bonchev–Trinajstić information content (AvgIpc) is 2.94. The summed E-state index contributed by atoms with van der Waals surface area (Å²) in [7, 11) is 0. The number of guanidine groups is 1. The van der Waals surface area contributed by atoms with Gasteiger partial charge < -0.3 is 10.6 Å². The maximum absolute atomic E-state index is 13.6. The Balaban J connectivity index is 0.00000392. The van der Waals surface area contributed by atoms with Crippen molar-refractivity contribution >= 4 is 29.9 Å². The van der Waals surface area contributed by atoms with E-state index in [1.165, 1.54) is 10.7 Å². The molecule has 0 saturated carbocycles. The second-order valence-electron chi connectivity index (χ2n) is 6.04. The van der Waals surface area contributed by atoms with Crippen LogP contribution in [0.1, 0.15) is 29.4 Å². The van der Waals surface area contributed by atoms with Gasteiger partial charge in [-0.05, 0) is 44.5 Å². The van der Waals surface area contributed by atoms with E-state index in [1.807, 2.05) is 13.0 Å². The molecule has 0 unspecified atom stereocenters. The van der Waals surface area contributed by atoms with E-state index < -0.39 is 11.7 Å². The molecule has 0 spiro atoms. The molecule has 28 heavy (non-hydrogen) atoms. The van der Waals surface area contributed by atoms with Gasteiger partial charge in [-0.25, -0.2) is 9.67 Å². The van der Waals surface area contributed by atoms with Gasteiger partial charge in [0.2, 0.25) is 0 Å². The maximum Gasteiger partial charge on any atom is 0.416 e.